The van der Waals surface area contributed by atoms with Gasteiger partial charge in [0.05, 0.1) is 6.54 Å². The maximum atomic E-state index is 5.68. The number of hydrogen-bond donors (Lipinski definition) is 1. The van der Waals surface area contributed by atoms with Crippen molar-refractivity contribution in [3.05, 3.63) is 89.9 Å². The smallest absolute Gasteiger partial charge is 0.144 e. The lowest BCUT2D eigenvalue weighted by Crippen LogP contribution is -2.24. The summed E-state index contributed by atoms with van der Waals surface area (Å²) in [5.74, 6) is 1.56. The minimum atomic E-state index is 0.346. The van der Waals surface area contributed by atoms with Gasteiger partial charge in [0.1, 0.15) is 11.6 Å². The Labute approximate surface area is 136 Å². The van der Waals surface area contributed by atoms with Crippen molar-refractivity contribution in [3.63, 3.8) is 0 Å². The summed E-state index contributed by atoms with van der Waals surface area (Å²) in [6, 6.07) is 22.7. The van der Waals surface area contributed by atoms with Gasteiger partial charge in [-0.1, -0.05) is 60.7 Å². The molecule has 4 heteroatoms. The monoisotopic (exact) mass is 304 g/mol. The molecule has 2 N–H and O–H groups in total. The van der Waals surface area contributed by atoms with Gasteiger partial charge in [0, 0.05) is 19.3 Å². The molecule has 0 unspecified atom stereocenters. The van der Waals surface area contributed by atoms with Crippen LogP contribution in [0.25, 0.3) is 0 Å². The fourth-order valence-electron chi connectivity index (χ4n) is 2.49. The van der Waals surface area contributed by atoms with E-state index >= 15 is 0 Å². The molecule has 0 saturated heterocycles. The molecule has 0 amide bonds. The van der Waals surface area contributed by atoms with Crippen molar-refractivity contribution in [2.45, 2.75) is 19.6 Å². The van der Waals surface area contributed by atoms with E-state index in [9.17, 15) is 0 Å². The quantitative estimate of drug-likeness (QED) is 0.760. The normalized spacial score (nSPS) is 10.5. The predicted octanol–water partition coefficient (Wildman–Crippen LogP) is 3.14. The highest BCUT2D eigenvalue weighted by molar-refractivity contribution is 5.40. The van der Waals surface area contributed by atoms with E-state index in [0.29, 0.717) is 12.4 Å². The molecule has 2 aromatic carbocycles. The van der Waals surface area contributed by atoms with Crippen LogP contribution < -0.4 is 10.6 Å². The maximum absolute atomic E-state index is 5.68. The van der Waals surface area contributed by atoms with Crippen LogP contribution in [0.3, 0.4) is 0 Å². The van der Waals surface area contributed by atoms with E-state index in [1.54, 1.807) is 6.20 Å². The highest BCUT2D eigenvalue weighted by Gasteiger charge is 2.10. The number of rotatable bonds is 6. The lowest BCUT2D eigenvalue weighted by Gasteiger charge is -2.24. The van der Waals surface area contributed by atoms with Gasteiger partial charge < -0.3 is 10.6 Å². The van der Waals surface area contributed by atoms with Gasteiger partial charge in [-0.25, -0.2) is 9.97 Å². The zero-order chi connectivity index (χ0) is 15.9. The van der Waals surface area contributed by atoms with Gasteiger partial charge in [-0.05, 0) is 17.2 Å². The second-order valence-corrected chi connectivity index (χ2v) is 5.36. The standard InChI is InChI=1S/C19H20N4/c20-13-18-21-12-11-19(22-18)23(14-16-7-3-1-4-8-16)15-17-9-5-2-6-10-17/h1-12H,13-15,20H2. The van der Waals surface area contributed by atoms with Gasteiger partial charge >= 0.3 is 0 Å². The van der Waals surface area contributed by atoms with E-state index in [0.717, 1.165) is 18.9 Å². The fraction of sp³-hybridized carbons (Fsp3) is 0.158. The van der Waals surface area contributed by atoms with Crippen molar-refractivity contribution in [1.29, 1.82) is 0 Å². The third-order valence-electron chi connectivity index (χ3n) is 3.63. The Hall–Kier alpha value is -2.72. The molecule has 1 aromatic heterocycles. The molecule has 0 radical (unpaired) electrons. The van der Waals surface area contributed by atoms with Crippen LogP contribution in [0.5, 0.6) is 0 Å². The molecule has 0 spiro atoms. The van der Waals surface area contributed by atoms with Crippen molar-refractivity contribution in [1.82, 2.24) is 9.97 Å². The molecule has 0 bridgehead atoms. The molecule has 0 aliphatic rings. The summed E-state index contributed by atoms with van der Waals surface area (Å²) in [6.07, 6.45) is 1.77. The number of hydrogen-bond acceptors (Lipinski definition) is 4. The molecule has 0 saturated carbocycles. The Bertz CT molecular complexity index is 687. The molecule has 0 atom stereocenters. The Balaban J connectivity index is 1.88. The van der Waals surface area contributed by atoms with Crippen LogP contribution in [0.1, 0.15) is 17.0 Å². The number of anilines is 1. The minimum Gasteiger partial charge on any atom is -0.348 e. The zero-order valence-corrected chi connectivity index (χ0v) is 13.0. The first-order valence-corrected chi connectivity index (χ1v) is 7.70. The molecule has 23 heavy (non-hydrogen) atoms. The lowest BCUT2D eigenvalue weighted by molar-refractivity contribution is 0.768. The summed E-state index contributed by atoms with van der Waals surface area (Å²) >= 11 is 0. The third kappa shape index (κ3) is 4.14. The molecule has 3 rings (SSSR count). The van der Waals surface area contributed by atoms with Crippen LogP contribution in [0, 0.1) is 0 Å². The highest BCUT2D eigenvalue weighted by atomic mass is 15.2. The molecule has 1 heterocycles. The minimum absolute atomic E-state index is 0.346. The summed E-state index contributed by atoms with van der Waals surface area (Å²) in [6.45, 7) is 1.92. The Kier molecular flexibility index (Phi) is 4.96. The van der Waals surface area contributed by atoms with Gasteiger partial charge in [-0.3, -0.25) is 0 Å². The molecule has 3 aromatic rings. The van der Waals surface area contributed by atoms with E-state index in [2.05, 4.69) is 63.4 Å². The Morgan fingerprint density at radius 1 is 0.783 bits per heavy atom. The SMILES string of the molecule is NCc1nccc(N(Cc2ccccc2)Cc2ccccc2)n1. The van der Waals surface area contributed by atoms with Crippen LogP contribution >= 0.6 is 0 Å². The number of aromatic nitrogens is 2. The lowest BCUT2D eigenvalue weighted by atomic mass is 10.1. The Morgan fingerprint density at radius 2 is 1.35 bits per heavy atom. The van der Waals surface area contributed by atoms with Gasteiger partial charge in [0.2, 0.25) is 0 Å². The summed E-state index contributed by atoms with van der Waals surface area (Å²) < 4.78 is 0. The summed E-state index contributed by atoms with van der Waals surface area (Å²) in [5, 5.41) is 0. The van der Waals surface area contributed by atoms with E-state index < -0.39 is 0 Å². The van der Waals surface area contributed by atoms with Gasteiger partial charge in [0.25, 0.3) is 0 Å². The van der Waals surface area contributed by atoms with E-state index in [-0.39, 0.29) is 0 Å². The van der Waals surface area contributed by atoms with Crippen LogP contribution in [-0.4, -0.2) is 9.97 Å². The van der Waals surface area contributed by atoms with E-state index in [1.165, 1.54) is 11.1 Å². The van der Waals surface area contributed by atoms with Crippen LogP contribution in [0.4, 0.5) is 5.82 Å². The second-order valence-electron chi connectivity index (χ2n) is 5.36. The summed E-state index contributed by atoms with van der Waals surface area (Å²) in [4.78, 5) is 11.0. The third-order valence-corrected chi connectivity index (χ3v) is 3.63. The molecular formula is C19H20N4. The van der Waals surface area contributed by atoms with Crippen molar-refractivity contribution in [2.24, 2.45) is 5.73 Å². The molecule has 0 fully saturated rings. The average molecular weight is 304 g/mol. The van der Waals surface area contributed by atoms with E-state index in [1.807, 2.05) is 18.2 Å². The van der Waals surface area contributed by atoms with Gasteiger partial charge in [-0.15, -0.1) is 0 Å². The molecule has 0 aliphatic carbocycles. The van der Waals surface area contributed by atoms with Gasteiger partial charge in [-0.2, -0.15) is 0 Å². The molecule has 116 valence electrons. The fourth-order valence-corrected chi connectivity index (χ4v) is 2.49. The van der Waals surface area contributed by atoms with Crippen molar-refractivity contribution >= 4 is 5.82 Å². The van der Waals surface area contributed by atoms with Crippen LogP contribution in [0.2, 0.25) is 0 Å². The zero-order valence-electron chi connectivity index (χ0n) is 13.0. The van der Waals surface area contributed by atoms with Crippen LogP contribution in [0.15, 0.2) is 72.9 Å². The first kappa shape index (κ1) is 15.2. The van der Waals surface area contributed by atoms with Crippen molar-refractivity contribution in [2.75, 3.05) is 4.90 Å². The van der Waals surface area contributed by atoms with Crippen LogP contribution in [-0.2, 0) is 19.6 Å². The predicted molar refractivity (Wildman–Crippen MR) is 92.7 cm³/mol. The second kappa shape index (κ2) is 7.51. The largest absolute Gasteiger partial charge is 0.348 e. The highest BCUT2D eigenvalue weighted by Crippen LogP contribution is 2.18. The van der Waals surface area contributed by atoms with E-state index in [4.69, 9.17) is 5.73 Å². The molecular weight excluding hydrogens is 284 g/mol. The van der Waals surface area contributed by atoms with Gasteiger partial charge in [0.15, 0.2) is 0 Å². The van der Waals surface area contributed by atoms with Crippen molar-refractivity contribution in [3.8, 4) is 0 Å². The summed E-state index contributed by atoms with van der Waals surface area (Å²) in [5.41, 5.74) is 8.17. The Morgan fingerprint density at radius 3 is 1.87 bits per heavy atom. The first-order chi connectivity index (χ1) is 11.3. The molecule has 4 nitrogen and oxygen atoms in total. The topological polar surface area (TPSA) is 55.0 Å². The average Bonchev–Trinajstić information content (AvgIpc) is 2.63. The molecule has 0 aliphatic heterocycles. The first-order valence-electron chi connectivity index (χ1n) is 7.70. The maximum Gasteiger partial charge on any atom is 0.144 e. The number of benzene rings is 2. The summed E-state index contributed by atoms with van der Waals surface area (Å²) in [7, 11) is 0. The number of nitrogens with zero attached hydrogens (tertiary/aromatic N) is 3. The van der Waals surface area contributed by atoms with Crippen molar-refractivity contribution < 1.29 is 0 Å². The number of nitrogens with two attached hydrogens (primary N) is 1.